The Morgan fingerprint density at radius 3 is 2.22 bits per heavy atom. The molecule has 0 fully saturated rings. The van der Waals surface area contributed by atoms with Gasteiger partial charge in [-0.25, -0.2) is 4.57 Å². The SMILES string of the molecule is CC(c1ccc(N(C)C)cc1)c1cccc[n+]1C. The van der Waals surface area contributed by atoms with Crippen molar-refractivity contribution in [2.24, 2.45) is 7.05 Å². The average Bonchev–Trinajstić information content (AvgIpc) is 2.38. The molecule has 0 N–H and O–H groups in total. The van der Waals surface area contributed by atoms with Gasteiger partial charge < -0.3 is 4.90 Å². The van der Waals surface area contributed by atoms with Crippen molar-refractivity contribution >= 4 is 5.69 Å². The van der Waals surface area contributed by atoms with Crippen LogP contribution >= 0.6 is 0 Å². The summed E-state index contributed by atoms with van der Waals surface area (Å²) in [5.74, 6) is 0.410. The summed E-state index contributed by atoms with van der Waals surface area (Å²) in [6, 6.07) is 15.1. The summed E-state index contributed by atoms with van der Waals surface area (Å²) in [7, 11) is 6.23. The zero-order valence-corrected chi connectivity index (χ0v) is 11.6. The highest BCUT2D eigenvalue weighted by atomic mass is 15.1. The third-order valence-corrected chi connectivity index (χ3v) is 3.45. The minimum atomic E-state index is 0.410. The molecule has 0 saturated carbocycles. The van der Waals surface area contributed by atoms with E-state index in [1.807, 2.05) is 0 Å². The van der Waals surface area contributed by atoms with E-state index in [2.05, 4.69) is 86.2 Å². The van der Waals surface area contributed by atoms with Crippen LogP contribution in [0.25, 0.3) is 0 Å². The highest BCUT2D eigenvalue weighted by Gasteiger charge is 2.16. The monoisotopic (exact) mass is 241 g/mol. The number of nitrogens with zero attached hydrogens (tertiary/aromatic N) is 2. The molecular weight excluding hydrogens is 220 g/mol. The maximum atomic E-state index is 2.25. The molecule has 0 aliphatic carbocycles. The first-order valence-corrected chi connectivity index (χ1v) is 6.31. The minimum Gasteiger partial charge on any atom is -0.378 e. The lowest BCUT2D eigenvalue weighted by Crippen LogP contribution is -2.34. The van der Waals surface area contributed by atoms with Gasteiger partial charge in [-0.3, -0.25) is 0 Å². The summed E-state index contributed by atoms with van der Waals surface area (Å²) in [6.45, 7) is 2.25. The molecule has 0 saturated heterocycles. The second-order valence-corrected chi connectivity index (χ2v) is 4.94. The van der Waals surface area contributed by atoms with Crippen molar-refractivity contribution in [3.63, 3.8) is 0 Å². The zero-order valence-electron chi connectivity index (χ0n) is 11.6. The van der Waals surface area contributed by atoms with Crippen molar-refractivity contribution in [2.45, 2.75) is 12.8 Å². The van der Waals surface area contributed by atoms with Crippen molar-refractivity contribution < 1.29 is 4.57 Å². The Labute approximate surface area is 110 Å². The number of anilines is 1. The number of rotatable bonds is 3. The van der Waals surface area contributed by atoms with Crippen LogP contribution < -0.4 is 9.47 Å². The summed E-state index contributed by atoms with van der Waals surface area (Å²) < 4.78 is 2.19. The number of aromatic nitrogens is 1. The summed E-state index contributed by atoms with van der Waals surface area (Å²) in [5.41, 5.74) is 3.92. The molecule has 0 aliphatic heterocycles. The lowest BCUT2D eigenvalue weighted by atomic mass is 9.96. The number of hydrogen-bond acceptors (Lipinski definition) is 1. The molecule has 18 heavy (non-hydrogen) atoms. The highest BCUT2D eigenvalue weighted by molar-refractivity contribution is 5.47. The first kappa shape index (κ1) is 12.6. The fraction of sp³-hybridized carbons (Fsp3) is 0.312. The normalized spacial score (nSPS) is 12.2. The Morgan fingerprint density at radius 1 is 1.00 bits per heavy atom. The molecule has 0 aliphatic rings. The van der Waals surface area contributed by atoms with Crippen LogP contribution in [0.3, 0.4) is 0 Å². The van der Waals surface area contributed by atoms with Crippen LogP contribution in [0.2, 0.25) is 0 Å². The van der Waals surface area contributed by atoms with E-state index in [0.29, 0.717) is 5.92 Å². The van der Waals surface area contributed by atoms with Gasteiger partial charge in [0, 0.05) is 31.9 Å². The van der Waals surface area contributed by atoms with Crippen LogP contribution in [-0.2, 0) is 7.05 Å². The van der Waals surface area contributed by atoms with E-state index in [1.165, 1.54) is 16.9 Å². The van der Waals surface area contributed by atoms with Gasteiger partial charge in [-0.05, 0) is 24.6 Å². The molecule has 2 heteroatoms. The standard InChI is InChI=1S/C16H21N2/c1-13(16-7-5-6-12-18(16)4)14-8-10-15(11-9-14)17(2)3/h5-13H,1-4H3/q+1. The molecule has 1 unspecified atom stereocenters. The van der Waals surface area contributed by atoms with Crippen LogP contribution in [0.1, 0.15) is 24.1 Å². The lowest BCUT2D eigenvalue weighted by molar-refractivity contribution is -0.679. The van der Waals surface area contributed by atoms with Crippen LogP contribution in [0.15, 0.2) is 48.7 Å². The van der Waals surface area contributed by atoms with E-state index in [0.717, 1.165) is 0 Å². The van der Waals surface area contributed by atoms with Gasteiger partial charge in [-0.15, -0.1) is 0 Å². The molecule has 0 spiro atoms. The van der Waals surface area contributed by atoms with Crippen molar-refractivity contribution in [2.75, 3.05) is 19.0 Å². The predicted molar refractivity (Wildman–Crippen MR) is 75.9 cm³/mol. The van der Waals surface area contributed by atoms with Crippen LogP contribution in [0.5, 0.6) is 0 Å². The van der Waals surface area contributed by atoms with Gasteiger partial charge in [-0.1, -0.05) is 18.2 Å². The molecular formula is C16H21N2+. The van der Waals surface area contributed by atoms with E-state index in [9.17, 15) is 0 Å². The van der Waals surface area contributed by atoms with Crippen molar-refractivity contribution in [1.29, 1.82) is 0 Å². The summed E-state index contributed by atoms with van der Waals surface area (Å²) in [6.07, 6.45) is 2.10. The Bertz CT molecular complexity index is 515. The summed E-state index contributed by atoms with van der Waals surface area (Å²) in [4.78, 5) is 2.12. The number of hydrogen-bond donors (Lipinski definition) is 0. The van der Waals surface area contributed by atoms with Crippen LogP contribution in [-0.4, -0.2) is 14.1 Å². The summed E-state index contributed by atoms with van der Waals surface area (Å²) >= 11 is 0. The van der Waals surface area contributed by atoms with E-state index < -0.39 is 0 Å². The number of pyridine rings is 1. The van der Waals surface area contributed by atoms with Gasteiger partial charge in [0.1, 0.15) is 7.05 Å². The Balaban J connectivity index is 2.29. The van der Waals surface area contributed by atoms with Crippen molar-refractivity contribution in [1.82, 2.24) is 0 Å². The smallest absolute Gasteiger partial charge is 0.188 e. The van der Waals surface area contributed by atoms with Gasteiger partial charge in [0.25, 0.3) is 0 Å². The summed E-state index contributed by atoms with van der Waals surface area (Å²) in [5, 5.41) is 0. The van der Waals surface area contributed by atoms with E-state index in [1.54, 1.807) is 0 Å². The van der Waals surface area contributed by atoms with Gasteiger partial charge in [0.2, 0.25) is 0 Å². The minimum absolute atomic E-state index is 0.410. The maximum Gasteiger partial charge on any atom is 0.188 e. The van der Waals surface area contributed by atoms with Gasteiger partial charge in [0.15, 0.2) is 11.9 Å². The molecule has 2 aromatic rings. The second-order valence-electron chi connectivity index (χ2n) is 4.94. The van der Waals surface area contributed by atoms with E-state index in [4.69, 9.17) is 0 Å². The third-order valence-electron chi connectivity index (χ3n) is 3.45. The third kappa shape index (κ3) is 2.53. The molecule has 0 bridgehead atoms. The van der Waals surface area contributed by atoms with E-state index in [-0.39, 0.29) is 0 Å². The molecule has 1 aromatic heterocycles. The molecule has 1 heterocycles. The maximum absolute atomic E-state index is 2.25. The molecule has 2 rings (SSSR count). The molecule has 0 radical (unpaired) electrons. The molecule has 0 amide bonds. The van der Waals surface area contributed by atoms with Crippen molar-refractivity contribution in [3.05, 3.63) is 59.9 Å². The van der Waals surface area contributed by atoms with Crippen LogP contribution in [0, 0.1) is 0 Å². The topological polar surface area (TPSA) is 7.12 Å². The molecule has 94 valence electrons. The van der Waals surface area contributed by atoms with Gasteiger partial charge in [-0.2, -0.15) is 0 Å². The Hall–Kier alpha value is -1.83. The van der Waals surface area contributed by atoms with E-state index >= 15 is 0 Å². The number of aryl methyl sites for hydroxylation is 1. The number of benzene rings is 1. The molecule has 1 aromatic carbocycles. The van der Waals surface area contributed by atoms with Crippen molar-refractivity contribution in [3.8, 4) is 0 Å². The fourth-order valence-corrected chi connectivity index (χ4v) is 2.22. The Kier molecular flexibility index (Phi) is 3.66. The lowest BCUT2D eigenvalue weighted by Gasteiger charge is -2.14. The largest absolute Gasteiger partial charge is 0.378 e. The first-order valence-electron chi connectivity index (χ1n) is 6.31. The predicted octanol–water partition coefficient (Wildman–Crippen LogP) is 2.73. The highest BCUT2D eigenvalue weighted by Crippen LogP contribution is 2.23. The fourth-order valence-electron chi connectivity index (χ4n) is 2.22. The quantitative estimate of drug-likeness (QED) is 0.749. The first-order chi connectivity index (χ1) is 8.59. The molecule has 1 atom stereocenters. The second kappa shape index (κ2) is 5.21. The zero-order chi connectivity index (χ0) is 13.1. The Morgan fingerprint density at radius 2 is 1.67 bits per heavy atom. The van der Waals surface area contributed by atoms with Crippen LogP contribution in [0.4, 0.5) is 5.69 Å². The average molecular weight is 241 g/mol. The van der Waals surface area contributed by atoms with Gasteiger partial charge >= 0.3 is 0 Å². The van der Waals surface area contributed by atoms with Gasteiger partial charge in [0.05, 0.1) is 5.92 Å². The molecule has 2 nitrogen and oxygen atoms in total.